The third-order valence-corrected chi connectivity index (χ3v) is 4.35. The lowest BCUT2D eigenvalue weighted by molar-refractivity contribution is 0.622. The van der Waals surface area contributed by atoms with Crippen LogP contribution < -0.4 is 0 Å². The van der Waals surface area contributed by atoms with Gasteiger partial charge in [-0.1, -0.05) is 48.0 Å². The average Bonchev–Trinajstić information content (AvgIpc) is 2.43. The number of hydrogen-bond donors (Lipinski definition) is 0. The predicted octanol–water partition coefficient (Wildman–Crippen LogP) is 3.88. The van der Waals surface area contributed by atoms with Gasteiger partial charge in [-0.25, -0.2) is 0 Å². The molecule has 0 heterocycles. The Labute approximate surface area is 88.5 Å². The zero-order chi connectivity index (χ0) is 9.42. The maximum Gasteiger partial charge on any atom is 0.0426 e. The van der Waals surface area contributed by atoms with Crippen molar-refractivity contribution < 1.29 is 0 Å². The number of alkyl halides is 1. The predicted molar refractivity (Wildman–Crippen MR) is 60.4 cm³/mol. The summed E-state index contributed by atoms with van der Waals surface area (Å²) in [6, 6.07) is 6.92. The second-order valence-electron chi connectivity index (χ2n) is 3.97. The van der Waals surface area contributed by atoms with Crippen molar-refractivity contribution >= 4 is 15.9 Å². The van der Waals surface area contributed by atoms with E-state index in [4.69, 9.17) is 0 Å². The molecule has 1 aromatic carbocycles. The molecule has 2 atom stereocenters. The summed E-state index contributed by atoms with van der Waals surface area (Å²) in [6.07, 6.45) is 2.37. The third kappa shape index (κ3) is 1.54. The highest BCUT2D eigenvalue weighted by Gasteiger charge is 2.26. The summed E-state index contributed by atoms with van der Waals surface area (Å²) in [6.45, 7) is 4.52. The number of benzene rings is 1. The monoisotopic (exact) mass is 238 g/mol. The molecule has 0 saturated carbocycles. The molecular formula is C12H15Br. The molecule has 70 valence electrons. The fourth-order valence-electron chi connectivity index (χ4n) is 2.06. The molecule has 0 nitrogen and oxygen atoms in total. The Kier molecular flexibility index (Phi) is 2.46. The van der Waals surface area contributed by atoms with E-state index in [-0.39, 0.29) is 0 Å². The second-order valence-corrected chi connectivity index (χ2v) is 4.96. The molecule has 1 aliphatic rings. The van der Waals surface area contributed by atoms with E-state index in [0.29, 0.717) is 4.83 Å². The molecule has 0 spiro atoms. The van der Waals surface area contributed by atoms with Crippen molar-refractivity contribution in [2.24, 2.45) is 5.92 Å². The molecule has 1 heteroatoms. The first-order chi connectivity index (χ1) is 6.22. The molecule has 0 saturated heterocycles. The Balaban J connectivity index is 2.42. The molecule has 1 aromatic rings. The van der Waals surface area contributed by atoms with Crippen LogP contribution in [-0.2, 0) is 12.8 Å². The van der Waals surface area contributed by atoms with Gasteiger partial charge in [0.25, 0.3) is 0 Å². The van der Waals surface area contributed by atoms with Crippen LogP contribution in [0.1, 0.15) is 35.4 Å². The smallest absolute Gasteiger partial charge is 0.0426 e. The van der Waals surface area contributed by atoms with Gasteiger partial charge in [-0.05, 0) is 35.4 Å². The normalized spacial score (nSPS) is 26.1. The zero-order valence-corrected chi connectivity index (χ0v) is 9.76. The number of halogens is 1. The van der Waals surface area contributed by atoms with Gasteiger partial charge in [0.1, 0.15) is 0 Å². The molecule has 13 heavy (non-hydrogen) atoms. The van der Waals surface area contributed by atoms with Gasteiger partial charge in [0, 0.05) is 4.83 Å². The van der Waals surface area contributed by atoms with Crippen LogP contribution in [0.2, 0.25) is 0 Å². The lowest BCUT2D eigenvalue weighted by atomic mass is 10.1. The molecule has 0 N–H and O–H groups in total. The molecule has 0 fully saturated rings. The minimum absolute atomic E-state index is 0.578. The van der Waals surface area contributed by atoms with E-state index < -0.39 is 0 Å². The topological polar surface area (TPSA) is 0 Å². The minimum Gasteiger partial charge on any atom is -0.0836 e. The van der Waals surface area contributed by atoms with E-state index in [0.717, 1.165) is 12.3 Å². The van der Waals surface area contributed by atoms with Gasteiger partial charge in [-0.2, -0.15) is 0 Å². The van der Waals surface area contributed by atoms with Gasteiger partial charge >= 0.3 is 0 Å². The van der Waals surface area contributed by atoms with Crippen LogP contribution in [0.5, 0.6) is 0 Å². The Morgan fingerprint density at radius 1 is 1.46 bits per heavy atom. The van der Waals surface area contributed by atoms with Gasteiger partial charge in [-0.15, -0.1) is 0 Å². The van der Waals surface area contributed by atoms with Crippen LogP contribution in [0.25, 0.3) is 0 Å². The highest BCUT2D eigenvalue weighted by atomic mass is 79.9. The molecule has 0 amide bonds. The molecule has 2 unspecified atom stereocenters. The number of aryl methyl sites for hydroxylation is 1. The Hall–Kier alpha value is -0.300. The molecular weight excluding hydrogens is 224 g/mol. The molecule has 0 aliphatic heterocycles. The summed E-state index contributed by atoms with van der Waals surface area (Å²) in [5.74, 6) is 0.752. The van der Waals surface area contributed by atoms with Crippen molar-refractivity contribution in [2.45, 2.75) is 31.5 Å². The van der Waals surface area contributed by atoms with Crippen molar-refractivity contribution in [3.8, 4) is 0 Å². The average molecular weight is 239 g/mol. The number of hydrogen-bond acceptors (Lipinski definition) is 0. The van der Waals surface area contributed by atoms with E-state index in [1.165, 1.54) is 23.1 Å². The van der Waals surface area contributed by atoms with E-state index >= 15 is 0 Å². The summed E-state index contributed by atoms with van der Waals surface area (Å²) in [7, 11) is 0. The van der Waals surface area contributed by atoms with E-state index in [1.54, 1.807) is 0 Å². The summed E-state index contributed by atoms with van der Waals surface area (Å²) < 4.78 is 0. The van der Waals surface area contributed by atoms with Gasteiger partial charge in [0.15, 0.2) is 0 Å². The summed E-state index contributed by atoms with van der Waals surface area (Å²) in [4.78, 5) is 0.578. The highest BCUT2D eigenvalue weighted by molar-refractivity contribution is 9.09. The van der Waals surface area contributed by atoms with Crippen molar-refractivity contribution in [3.63, 3.8) is 0 Å². The van der Waals surface area contributed by atoms with Crippen LogP contribution in [-0.4, -0.2) is 0 Å². The quantitative estimate of drug-likeness (QED) is 0.652. The molecule has 0 aromatic heterocycles. The maximum atomic E-state index is 3.77. The van der Waals surface area contributed by atoms with Crippen molar-refractivity contribution in [2.75, 3.05) is 0 Å². The Morgan fingerprint density at radius 3 is 2.92 bits per heavy atom. The second kappa shape index (κ2) is 3.45. The first-order valence-electron chi connectivity index (χ1n) is 4.98. The van der Waals surface area contributed by atoms with Crippen LogP contribution in [0.4, 0.5) is 0 Å². The van der Waals surface area contributed by atoms with E-state index in [9.17, 15) is 0 Å². The largest absolute Gasteiger partial charge is 0.0836 e. The maximum absolute atomic E-state index is 3.77. The lowest BCUT2D eigenvalue weighted by Crippen LogP contribution is -1.94. The summed E-state index contributed by atoms with van der Waals surface area (Å²) >= 11 is 3.77. The van der Waals surface area contributed by atoms with Crippen molar-refractivity contribution in [1.29, 1.82) is 0 Å². The lowest BCUT2D eigenvalue weighted by Gasteiger charge is -2.08. The van der Waals surface area contributed by atoms with Crippen LogP contribution in [0.15, 0.2) is 18.2 Å². The van der Waals surface area contributed by atoms with E-state index in [2.05, 4.69) is 48.0 Å². The Morgan fingerprint density at radius 2 is 2.23 bits per heavy atom. The van der Waals surface area contributed by atoms with Gasteiger partial charge in [0.05, 0.1) is 0 Å². The minimum atomic E-state index is 0.578. The summed E-state index contributed by atoms with van der Waals surface area (Å²) in [5, 5.41) is 0. The van der Waals surface area contributed by atoms with E-state index in [1.807, 2.05) is 0 Å². The van der Waals surface area contributed by atoms with Crippen LogP contribution >= 0.6 is 15.9 Å². The first kappa shape index (κ1) is 9.26. The van der Waals surface area contributed by atoms with Gasteiger partial charge in [-0.3, -0.25) is 0 Å². The first-order valence-corrected chi connectivity index (χ1v) is 5.89. The van der Waals surface area contributed by atoms with Gasteiger partial charge in [0.2, 0.25) is 0 Å². The Bertz CT molecular complexity index is 317. The fraction of sp³-hybridized carbons (Fsp3) is 0.500. The molecule has 0 bridgehead atoms. The van der Waals surface area contributed by atoms with Crippen LogP contribution in [0.3, 0.4) is 0 Å². The molecule has 1 aliphatic carbocycles. The number of rotatable bonds is 1. The summed E-state index contributed by atoms with van der Waals surface area (Å²) in [5.41, 5.74) is 4.51. The highest BCUT2D eigenvalue weighted by Crippen LogP contribution is 2.42. The molecule has 2 rings (SSSR count). The molecule has 0 radical (unpaired) electrons. The fourth-order valence-corrected chi connectivity index (χ4v) is 2.68. The SMILES string of the molecule is CCc1ccc2c(c1)C(Br)C(C)C2. The van der Waals surface area contributed by atoms with Crippen LogP contribution in [0, 0.1) is 5.92 Å². The van der Waals surface area contributed by atoms with Gasteiger partial charge < -0.3 is 0 Å². The zero-order valence-electron chi connectivity index (χ0n) is 8.18. The third-order valence-electron chi connectivity index (χ3n) is 2.96. The van der Waals surface area contributed by atoms with Crippen molar-refractivity contribution in [1.82, 2.24) is 0 Å². The standard InChI is InChI=1S/C12H15Br/c1-3-9-4-5-10-6-8(2)12(13)11(10)7-9/h4-5,7-8,12H,3,6H2,1-2H3. The number of fused-ring (bicyclic) bond motifs is 1. The van der Waals surface area contributed by atoms with Crippen molar-refractivity contribution in [3.05, 3.63) is 34.9 Å².